The first-order valence-electron chi connectivity index (χ1n) is 5.42. The fraction of sp³-hybridized carbons (Fsp3) is 0.333. The molecule has 0 spiro atoms. The molecule has 1 aromatic carbocycles. The van der Waals surface area contributed by atoms with Crippen LogP contribution < -0.4 is 11.5 Å². The van der Waals surface area contributed by atoms with Crippen LogP contribution in [0.2, 0.25) is 0 Å². The molecule has 6 heteroatoms. The maximum absolute atomic E-state index is 11.8. The van der Waals surface area contributed by atoms with Crippen LogP contribution in [0.5, 0.6) is 0 Å². The van der Waals surface area contributed by atoms with Crippen LogP contribution in [0.3, 0.4) is 0 Å². The Labute approximate surface area is 111 Å². The zero-order valence-corrected chi connectivity index (χ0v) is 11.1. The molecule has 0 bridgehead atoms. The van der Waals surface area contributed by atoms with Crippen molar-refractivity contribution in [3.05, 3.63) is 29.8 Å². The Kier molecular flexibility index (Phi) is 5.51. The monoisotopic (exact) mass is 267 g/mol. The van der Waals surface area contributed by atoms with Gasteiger partial charge in [0.05, 0.1) is 12.3 Å². The molecule has 0 unspecified atom stereocenters. The lowest BCUT2D eigenvalue weighted by Crippen LogP contribution is -2.38. The zero-order chi connectivity index (χ0) is 13.5. The number of rotatable bonds is 6. The van der Waals surface area contributed by atoms with Crippen molar-refractivity contribution in [3.63, 3.8) is 0 Å². The van der Waals surface area contributed by atoms with Gasteiger partial charge in [0.25, 0.3) is 0 Å². The first-order chi connectivity index (χ1) is 8.52. The minimum absolute atomic E-state index is 0.0752. The summed E-state index contributed by atoms with van der Waals surface area (Å²) in [6, 6.07) is 7.22. The van der Waals surface area contributed by atoms with E-state index in [9.17, 15) is 9.59 Å². The van der Waals surface area contributed by atoms with Gasteiger partial charge in [-0.25, -0.2) is 0 Å². The predicted molar refractivity (Wildman–Crippen MR) is 73.8 cm³/mol. The lowest BCUT2D eigenvalue weighted by molar-refractivity contribution is -0.133. The van der Waals surface area contributed by atoms with Crippen molar-refractivity contribution >= 4 is 29.3 Å². The summed E-state index contributed by atoms with van der Waals surface area (Å²) in [4.78, 5) is 24.2. The van der Waals surface area contributed by atoms with Crippen LogP contribution in [0.4, 0.5) is 5.69 Å². The Bertz CT molecular complexity index is 437. The van der Waals surface area contributed by atoms with Gasteiger partial charge in [-0.15, -0.1) is 0 Å². The van der Waals surface area contributed by atoms with Crippen LogP contribution in [-0.4, -0.2) is 35.3 Å². The van der Waals surface area contributed by atoms with Gasteiger partial charge in [-0.2, -0.15) is 11.8 Å². The number of benzene rings is 1. The highest BCUT2D eigenvalue weighted by Gasteiger charge is 2.15. The molecule has 1 rings (SSSR count). The van der Waals surface area contributed by atoms with Gasteiger partial charge in [-0.05, 0) is 24.0 Å². The van der Waals surface area contributed by atoms with Gasteiger partial charge < -0.3 is 16.4 Å². The average molecular weight is 267 g/mol. The highest BCUT2D eigenvalue weighted by molar-refractivity contribution is 7.99. The Balaban J connectivity index is 2.77. The normalized spacial score (nSPS) is 10.1. The van der Waals surface area contributed by atoms with E-state index < -0.39 is 5.91 Å². The number of carbonyl (C=O) groups excluding carboxylic acids is 2. The molecule has 4 N–H and O–H groups in total. The predicted octanol–water partition coefficient (Wildman–Crippen LogP) is 0.446. The molecular formula is C12H17N3O2S. The number of thioether (sulfide) groups is 1. The number of nitrogens with zero attached hydrogens (tertiary/aromatic N) is 1. The third kappa shape index (κ3) is 4.67. The largest absolute Gasteiger partial charge is 0.399 e. The Morgan fingerprint density at radius 1 is 1.39 bits per heavy atom. The van der Waals surface area contributed by atoms with Crippen molar-refractivity contribution in [1.29, 1.82) is 0 Å². The number of nitrogen functional groups attached to an aromatic ring is 1. The summed E-state index contributed by atoms with van der Waals surface area (Å²) >= 11 is 1.41. The van der Waals surface area contributed by atoms with Crippen molar-refractivity contribution in [2.24, 2.45) is 5.73 Å². The van der Waals surface area contributed by atoms with E-state index in [-0.39, 0.29) is 12.5 Å². The third-order valence-electron chi connectivity index (χ3n) is 2.29. The second-order valence-electron chi connectivity index (χ2n) is 3.89. The van der Waals surface area contributed by atoms with E-state index in [0.717, 1.165) is 5.56 Å². The van der Waals surface area contributed by atoms with E-state index in [1.54, 1.807) is 12.1 Å². The van der Waals surface area contributed by atoms with Gasteiger partial charge in [-0.3, -0.25) is 9.59 Å². The van der Waals surface area contributed by atoms with Gasteiger partial charge in [0.1, 0.15) is 0 Å². The second-order valence-corrected chi connectivity index (χ2v) is 4.76. The van der Waals surface area contributed by atoms with Crippen LogP contribution in [0.15, 0.2) is 24.3 Å². The van der Waals surface area contributed by atoms with E-state index in [1.165, 1.54) is 16.7 Å². The smallest absolute Gasteiger partial charge is 0.237 e. The molecule has 0 aromatic heterocycles. The maximum atomic E-state index is 11.8. The summed E-state index contributed by atoms with van der Waals surface area (Å²) in [5.74, 6) is -0.299. The number of carbonyl (C=O) groups is 2. The molecule has 0 saturated carbocycles. The molecule has 0 atom stereocenters. The molecule has 0 radical (unpaired) electrons. The van der Waals surface area contributed by atoms with Crippen molar-refractivity contribution in [2.75, 3.05) is 24.3 Å². The molecule has 98 valence electrons. The summed E-state index contributed by atoms with van der Waals surface area (Å²) in [6.07, 6.45) is 1.83. The fourth-order valence-corrected chi connectivity index (χ4v) is 1.98. The van der Waals surface area contributed by atoms with E-state index in [4.69, 9.17) is 11.5 Å². The minimum Gasteiger partial charge on any atom is -0.399 e. The first kappa shape index (κ1) is 14.4. The van der Waals surface area contributed by atoms with Crippen molar-refractivity contribution in [3.8, 4) is 0 Å². The standard InChI is InChI=1S/C12H17N3O2S/c1-18-8-12(17)15(7-11(14)16)6-9-3-2-4-10(13)5-9/h2-5H,6-8,13H2,1H3,(H2,14,16). The summed E-state index contributed by atoms with van der Waals surface area (Å²) in [6.45, 7) is 0.265. The van der Waals surface area contributed by atoms with E-state index in [0.29, 0.717) is 18.0 Å². The number of hydrogen-bond acceptors (Lipinski definition) is 4. The third-order valence-corrected chi connectivity index (χ3v) is 2.83. The second kappa shape index (κ2) is 6.90. The first-order valence-corrected chi connectivity index (χ1v) is 6.81. The zero-order valence-electron chi connectivity index (χ0n) is 10.3. The van der Waals surface area contributed by atoms with Crippen molar-refractivity contribution in [2.45, 2.75) is 6.54 Å². The molecule has 0 fully saturated rings. The number of anilines is 1. The van der Waals surface area contributed by atoms with Crippen LogP contribution >= 0.6 is 11.8 Å². The molecular weight excluding hydrogens is 250 g/mol. The molecule has 2 amide bonds. The Morgan fingerprint density at radius 2 is 2.11 bits per heavy atom. The summed E-state index contributed by atoms with van der Waals surface area (Å²) in [7, 11) is 0. The quantitative estimate of drug-likeness (QED) is 0.732. The van der Waals surface area contributed by atoms with Gasteiger partial charge in [0.15, 0.2) is 0 Å². The van der Waals surface area contributed by atoms with Gasteiger partial charge in [0, 0.05) is 12.2 Å². The lowest BCUT2D eigenvalue weighted by atomic mass is 10.2. The van der Waals surface area contributed by atoms with Crippen LogP contribution in [0.1, 0.15) is 5.56 Å². The Hall–Kier alpha value is -1.69. The van der Waals surface area contributed by atoms with Gasteiger partial charge in [0.2, 0.25) is 11.8 Å². The van der Waals surface area contributed by atoms with Crippen LogP contribution in [-0.2, 0) is 16.1 Å². The topological polar surface area (TPSA) is 89.4 Å². The number of hydrogen-bond donors (Lipinski definition) is 2. The average Bonchev–Trinajstić information content (AvgIpc) is 2.28. The summed E-state index contributed by atoms with van der Waals surface area (Å²) in [5.41, 5.74) is 12.3. The van der Waals surface area contributed by atoms with Crippen LogP contribution in [0.25, 0.3) is 0 Å². The minimum atomic E-state index is -0.520. The van der Waals surface area contributed by atoms with Crippen molar-refractivity contribution < 1.29 is 9.59 Å². The number of amides is 2. The van der Waals surface area contributed by atoms with E-state index in [1.807, 2.05) is 18.4 Å². The van der Waals surface area contributed by atoms with E-state index >= 15 is 0 Å². The molecule has 0 aliphatic rings. The molecule has 0 aliphatic carbocycles. The Morgan fingerprint density at radius 3 is 2.67 bits per heavy atom. The highest BCUT2D eigenvalue weighted by atomic mass is 32.2. The highest BCUT2D eigenvalue weighted by Crippen LogP contribution is 2.10. The maximum Gasteiger partial charge on any atom is 0.237 e. The molecule has 18 heavy (non-hydrogen) atoms. The lowest BCUT2D eigenvalue weighted by Gasteiger charge is -2.21. The molecule has 0 heterocycles. The van der Waals surface area contributed by atoms with Gasteiger partial charge in [-0.1, -0.05) is 12.1 Å². The van der Waals surface area contributed by atoms with Gasteiger partial charge >= 0.3 is 0 Å². The van der Waals surface area contributed by atoms with E-state index in [2.05, 4.69) is 0 Å². The van der Waals surface area contributed by atoms with Crippen LogP contribution in [0, 0.1) is 0 Å². The fourth-order valence-electron chi connectivity index (χ4n) is 1.55. The summed E-state index contributed by atoms with van der Waals surface area (Å²) in [5, 5.41) is 0. The molecule has 0 aliphatic heterocycles. The van der Waals surface area contributed by atoms with Crippen molar-refractivity contribution in [1.82, 2.24) is 4.90 Å². The SMILES string of the molecule is CSCC(=O)N(CC(N)=O)Cc1cccc(N)c1. The number of primary amides is 1. The molecule has 5 nitrogen and oxygen atoms in total. The molecule has 1 aromatic rings. The number of nitrogens with two attached hydrogens (primary N) is 2. The molecule has 0 saturated heterocycles. The summed E-state index contributed by atoms with van der Waals surface area (Å²) < 4.78 is 0.